The summed E-state index contributed by atoms with van der Waals surface area (Å²) in [5.41, 5.74) is 0.910. The molecular formula is C23H40. The SMILES string of the molecule is CC=CC(C)(CC(C)C)C1(C)C2CCCCC2C2CCCCC21. The molecule has 23 heavy (non-hydrogen) atoms. The molecule has 0 saturated heterocycles. The van der Waals surface area contributed by atoms with Gasteiger partial charge in [-0.2, -0.15) is 0 Å². The molecule has 0 heterocycles. The molecule has 3 aliphatic rings. The van der Waals surface area contributed by atoms with E-state index < -0.39 is 0 Å². The molecule has 0 heteroatoms. The fourth-order valence-corrected chi connectivity index (χ4v) is 7.64. The van der Waals surface area contributed by atoms with Crippen molar-refractivity contribution < 1.29 is 0 Å². The number of fused-ring (bicyclic) bond motifs is 3. The molecule has 0 bridgehead atoms. The zero-order valence-corrected chi connectivity index (χ0v) is 16.4. The van der Waals surface area contributed by atoms with E-state index in [-0.39, 0.29) is 0 Å². The molecule has 0 N–H and O–H groups in total. The normalized spacial score (nSPS) is 43.4. The Labute approximate surface area is 145 Å². The quantitative estimate of drug-likeness (QED) is 0.479. The molecule has 0 aromatic carbocycles. The Morgan fingerprint density at radius 2 is 1.43 bits per heavy atom. The van der Waals surface area contributed by atoms with Gasteiger partial charge < -0.3 is 0 Å². The predicted molar refractivity (Wildman–Crippen MR) is 101 cm³/mol. The van der Waals surface area contributed by atoms with Crippen LogP contribution in [-0.4, -0.2) is 0 Å². The molecule has 3 rings (SSSR count). The van der Waals surface area contributed by atoms with Crippen LogP contribution in [0.5, 0.6) is 0 Å². The van der Waals surface area contributed by atoms with Crippen LogP contribution >= 0.6 is 0 Å². The molecule has 3 aliphatic carbocycles. The molecule has 3 fully saturated rings. The molecule has 0 aliphatic heterocycles. The van der Waals surface area contributed by atoms with E-state index in [9.17, 15) is 0 Å². The van der Waals surface area contributed by atoms with Crippen LogP contribution in [0.2, 0.25) is 0 Å². The van der Waals surface area contributed by atoms with Crippen LogP contribution in [0.15, 0.2) is 12.2 Å². The standard InChI is InChI=1S/C23H40/c1-6-15-22(4,16-17(2)3)23(5)20-13-9-7-11-18(20)19-12-8-10-14-21(19)23/h6,15,17-21H,7-14,16H2,1-5H3. The lowest BCUT2D eigenvalue weighted by Crippen LogP contribution is -2.46. The number of hydrogen-bond donors (Lipinski definition) is 0. The molecule has 0 amide bonds. The highest BCUT2D eigenvalue weighted by atomic mass is 14.7. The summed E-state index contributed by atoms with van der Waals surface area (Å²) in [6.07, 6.45) is 18.4. The van der Waals surface area contributed by atoms with Crippen molar-refractivity contribution in [2.75, 3.05) is 0 Å². The highest BCUT2D eigenvalue weighted by Gasteiger charge is 2.63. The molecule has 0 nitrogen and oxygen atoms in total. The van der Waals surface area contributed by atoms with Gasteiger partial charge in [0.1, 0.15) is 0 Å². The minimum atomic E-state index is 0.382. The van der Waals surface area contributed by atoms with Gasteiger partial charge in [0.2, 0.25) is 0 Å². The van der Waals surface area contributed by atoms with Crippen molar-refractivity contribution >= 4 is 0 Å². The number of hydrogen-bond acceptors (Lipinski definition) is 0. The van der Waals surface area contributed by atoms with E-state index >= 15 is 0 Å². The summed E-state index contributed by atoms with van der Waals surface area (Å²) in [4.78, 5) is 0. The first kappa shape index (κ1) is 17.6. The van der Waals surface area contributed by atoms with Crippen LogP contribution in [0, 0.1) is 40.4 Å². The largest absolute Gasteiger partial charge is 0.0911 e. The molecule has 0 aromatic heterocycles. The maximum atomic E-state index is 2.73. The minimum Gasteiger partial charge on any atom is -0.0911 e. The summed E-state index contributed by atoms with van der Waals surface area (Å²) in [7, 11) is 0. The van der Waals surface area contributed by atoms with Gasteiger partial charge in [0.15, 0.2) is 0 Å². The molecule has 3 saturated carbocycles. The van der Waals surface area contributed by atoms with E-state index in [1.807, 2.05) is 0 Å². The highest BCUT2D eigenvalue weighted by molar-refractivity contribution is 5.17. The topological polar surface area (TPSA) is 0 Å². The third kappa shape index (κ3) is 2.73. The highest BCUT2D eigenvalue weighted by Crippen LogP contribution is 2.70. The first-order valence-corrected chi connectivity index (χ1v) is 10.6. The minimum absolute atomic E-state index is 0.382. The van der Waals surface area contributed by atoms with E-state index in [0.717, 1.165) is 29.6 Å². The van der Waals surface area contributed by atoms with Gasteiger partial charge in [0.25, 0.3) is 0 Å². The lowest BCUT2D eigenvalue weighted by molar-refractivity contribution is -0.0200. The molecule has 5 atom stereocenters. The number of rotatable bonds is 4. The van der Waals surface area contributed by atoms with Crippen LogP contribution in [0.25, 0.3) is 0 Å². The van der Waals surface area contributed by atoms with Gasteiger partial charge in [-0.05, 0) is 79.4 Å². The zero-order valence-electron chi connectivity index (χ0n) is 16.4. The van der Waals surface area contributed by atoms with Crippen molar-refractivity contribution in [3.8, 4) is 0 Å². The van der Waals surface area contributed by atoms with Gasteiger partial charge in [-0.1, -0.05) is 65.5 Å². The van der Waals surface area contributed by atoms with Gasteiger partial charge in [-0.15, -0.1) is 0 Å². The maximum Gasteiger partial charge on any atom is -0.00849 e. The Morgan fingerprint density at radius 3 is 1.87 bits per heavy atom. The molecule has 0 aromatic rings. The summed E-state index contributed by atoms with van der Waals surface area (Å²) in [5, 5.41) is 0. The summed E-state index contributed by atoms with van der Waals surface area (Å²) in [6.45, 7) is 12.4. The van der Waals surface area contributed by atoms with Crippen molar-refractivity contribution in [1.82, 2.24) is 0 Å². The fraction of sp³-hybridized carbons (Fsp3) is 0.913. The van der Waals surface area contributed by atoms with Crippen molar-refractivity contribution in [2.45, 2.75) is 92.4 Å². The van der Waals surface area contributed by atoms with Crippen molar-refractivity contribution in [3.05, 3.63) is 12.2 Å². The second-order valence-electron chi connectivity index (χ2n) is 9.91. The molecule has 132 valence electrons. The second kappa shape index (κ2) is 6.57. The fourth-order valence-electron chi connectivity index (χ4n) is 7.64. The average Bonchev–Trinajstić information content (AvgIpc) is 2.79. The van der Waals surface area contributed by atoms with E-state index in [1.165, 1.54) is 57.8 Å². The van der Waals surface area contributed by atoms with Crippen molar-refractivity contribution in [2.24, 2.45) is 40.4 Å². The smallest absolute Gasteiger partial charge is 0.00849 e. The maximum absolute atomic E-state index is 2.73. The van der Waals surface area contributed by atoms with Gasteiger partial charge in [0.05, 0.1) is 0 Å². The van der Waals surface area contributed by atoms with Crippen LogP contribution in [-0.2, 0) is 0 Å². The first-order valence-electron chi connectivity index (χ1n) is 10.6. The molecule has 0 spiro atoms. The van der Waals surface area contributed by atoms with Crippen LogP contribution in [0.3, 0.4) is 0 Å². The van der Waals surface area contributed by atoms with Gasteiger partial charge in [-0.3, -0.25) is 0 Å². The van der Waals surface area contributed by atoms with E-state index in [4.69, 9.17) is 0 Å². The lowest BCUT2D eigenvalue weighted by Gasteiger charge is -2.53. The van der Waals surface area contributed by atoms with E-state index in [2.05, 4.69) is 46.8 Å². The molecular weight excluding hydrogens is 276 g/mol. The third-order valence-corrected chi connectivity index (χ3v) is 8.33. The predicted octanol–water partition coefficient (Wildman–Crippen LogP) is 7.25. The van der Waals surface area contributed by atoms with Gasteiger partial charge in [0, 0.05) is 0 Å². The first-order chi connectivity index (χ1) is 10.9. The Bertz CT molecular complexity index is 409. The Hall–Kier alpha value is -0.260. The van der Waals surface area contributed by atoms with Gasteiger partial charge in [-0.25, -0.2) is 0 Å². The van der Waals surface area contributed by atoms with Crippen molar-refractivity contribution in [1.29, 1.82) is 0 Å². The monoisotopic (exact) mass is 316 g/mol. The van der Waals surface area contributed by atoms with E-state index in [1.54, 1.807) is 0 Å². The van der Waals surface area contributed by atoms with Crippen LogP contribution in [0.4, 0.5) is 0 Å². The summed E-state index contributed by atoms with van der Waals surface area (Å²) in [6, 6.07) is 0. The lowest BCUT2D eigenvalue weighted by atomic mass is 9.51. The van der Waals surface area contributed by atoms with Crippen molar-refractivity contribution in [3.63, 3.8) is 0 Å². The molecule has 5 unspecified atom stereocenters. The number of allylic oxidation sites excluding steroid dienone is 2. The van der Waals surface area contributed by atoms with Gasteiger partial charge >= 0.3 is 0 Å². The third-order valence-electron chi connectivity index (χ3n) is 8.33. The Kier molecular flexibility index (Phi) is 5.01. The Balaban J connectivity index is 2.04. The van der Waals surface area contributed by atoms with Crippen LogP contribution in [0.1, 0.15) is 92.4 Å². The zero-order chi connectivity index (χ0) is 16.7. The summed E-state index contributed by atoms with van der Waals surface area (Å²) in [5.74, 6) is 4.87. The molecule has 0 radical (unpaired) electrons. The van der Waals surface area contributed by atoms with Crippen LogP contribution < -0.4 is 0 Å². The second-order valence-corrected chi connectivity index (χ2v) is 9.91. The summed E-state index contributed by atoms with van der Waals surface area (Å²) < 4.78 is 0. The van der Waals surface area contributed by atoms with E-state index in [0.29, 0.717) is 10.8 Å². The Morgan fingerprint density at radius 1 is 0.957 bits per heavy atom. The summed E-state index contributed by atoms with van der Waals surface area (Å²) >= 11 is 0. The average molecular weight is 317 g/mol.